The molecule has 10 N–H and O–H groups in total. The lowest BCUT2D eigenvalue weighted by molar-refractivity contribution is -0.365. The molecular formula is C22H27Cl2N3O4. The Morgan fingerprint density at radius 2 is 1.03 bits per heavy atom. The molecule has 4 rings (SSSR count). The predicted molar refractivity (Wildman–Crippen MR) is 113 cm³/mol. The van der Waals surface area contributed by atoms with Gasteiger partial charge in [-0.1, -0.05) is 29.8 Å². The van der Waals surface area contributed by atoms with Crippen LogP contribution in [-0.2, 0) is 0 Å². The largest absolute Gasteiger partial charge is 1.00 e. The number of nitrogens with zero attached hydrogens (tertiary/aromatic N) is 1. The lowest BCUT2D eigenvalue weighted by atomic mass is 10.0. The van der Waals surface area contributed by atoms with Crippen molar-refractivity contribution in [1.82, 2.24) is 4.98 Å². The van der Waals surface area contributed by atoms with Crippen LogP contribution in [0.3, 0.4) is 0 Å². The molecule has 31 heavy (non-hydrogen) atoms. The van der Waals surface area contributed by atoms with Crippen molar-refractivity contribution in [3.8, 4) is 33.9 Å². The van der Waals surface area contributed by atoms with Gasteiger partial charge in [0.05, 0.1) is 0 Å². The van der Waals surface area contributed by atoms with Gasteiger partial charge in [-0.05, 0) is 42.3 Å². The molecule has 1 aromatic carbocycles. The first-order valence-electron chi connectivity index (χ1n) is 8.33. The second-order valence-corrected chi connectivity index (χ2v) is 6.04. The van der Waals surface area contributed by atoms with Gasteiger partial charge in [0.1, 0.15) is 11.4 Å². The van der Waals surface area contributed by atoms with Crippen LogP contribution in [0.5, 0.6) is 0 Å². The molecule has 168 valence electrons. The second-order valence-electron chi connectivity index (χ2n) is 6.04. The van der Waals surface area contributed by atoms with E-state index < -0.39 is 0 Å². The molecule has 9 heteroatoms. The van der Waals surface area contributed by atoms with E-state index >= 15 is 0 Å². The summed E-state index contributed by atoms with van der Waals surface area (Å²) in [5.74, 6) is 0. The molecule has 4 aromatic rings. The number of aromatic nitrogens is 3. The lowest BCUT2D eigenvalue weighted by Gasteiger charge is -2.06. The molecular weight excluding hydrogens is 441 g/mol. The Hall–Kier alpha value is -2.91. The minimum Gasteiger partial charge on any atom is -1.00 e. The number of halogens is 2. The summed E-state index contributed by atoms with van der Waals surface area (Å²) in [5.41, 5.74) is 7.42. The number of aromatic amines is 2. The van der Waals surface area contributed by atoms with Gasteiger partial charge in [0.15, 0.2) is 12.4 Å². The Labute approximate surface area is 193 Å². The molecule has 0 bridgehead atoms. The van der Waals surface area contributed by atoms with E-state index in [-0.39, 0.29) is 46.7 Å². The average molecular weight is 468 g/mol. The molecule has 0 radical (unpaired) electrons. The highest BCUT2D eigenvalue weighted by Crippen LogP contribution is 2.27. The van der Waals surface area contributed by atoms with Crippen LogP contribution in [0.4, 0.5) is 0 Å². The summed E-state index contributed by atoms with van der Waals surface area (Å²) in [6.45, 7) is 2.10. The van der Waals surface area contributed by atoms with Crippen LogP contribution < -0.4 is 34.8 Å². The fourth-order valence-corrected chi connectivity index (χ4v) is 2.82. The number of hydrogen-bond donors (Lipinski definition) is 0. The number of pyridine rings is 3. The first kappa shape index (κ1) is 32.7. The molecule has 7 nitrogen and oxygen atoms in total. The number of aryl methyl sites for hydroxylation is 1. The highest BCUT2D eigenvalue weighted by molar-refractivity contribution is 5.73. The summed E-state index contributed by atoms with van der Waals surface area (Å²) in [7, 11) is 0. The second kappa shape index (κ2) is 15.0. The zero-order chi connectivity index (χ0) is 17.1. The Balaban J connectivity index is -0.00000131. The van der Waals surface area contributed by atoms with Crippen LogP contribution in [0.15, 0.2) is 85.2 Å². The fourth-order valence-electron chi connectivity index (χ4n) is 2.82. The first-order chi connectivity index (χ1) is 12.3. The molecule has 0 spiro atoms. The molecule has 0 saturated heterocycles. The molecule has 0 aliphatic heterocycles. The van der Waals surface area contributed by atoms with Gasteiger partial charge in [0.2, 0.25) is 11.4 Å². The molecule has 0 aliphatic rings. The Morgan fingerprint density at radius 1 is 0.581 bits per heavy atom. The van der Waals surface area contributed by atoms with E-state index in [1.807, 2.05) is 48.8 Å². The van der Waals surface area contributed by atoms with Crippen molar-refractivity contribution in [2.75, 3.05) is 0 Å². The molecule has 0 atom stereocenters. The smallest absolute Gasteiger partial charge is 0.229 e. The zero-order valence-corrected chi connectivity index (χ0v) is 18.3. The molecule has 0 unspecified atom stereocenters. The third-order valence-corrected chi connectivity index (χ3v) is 4.18. The fraction of sp³-hybridized carbons (Fsp3) is 0.0455. The topological polar surface area (TPSA) is 167 Å². The Morgan fingerprint density at radius 3 is 1.42 bits per heavy atom. The van der Waals surface area contributed by atoms with Gasteiger partial charge in [-0.2, -0.15) is 0 Å². The number of H-pyrrole nitrogens is 2. The van der Waals surface area contributed by atoms with Gasteiger partial charge in [-0.3, -0.25) is 0 Å². The van der Waals surface area contributed by atoms with Gasteiger partial charge in [0.25, 0.3) is 0 Å². The van der Waals surface area contributed by atoms with E-state index in [2.05, 4.69) is 53.3 Å². The van der Waals surface area contributed by atoms with E-state index in [1.165, 1.54) is 11.1 Å². The summed E-state index contributed by atoms with van der Waals surface area (Å²) in [5, 5.41) is 0. The summed E-state index contributed by atoms with van der Waals surface area (Å²) >= 11 is 0. The van der Waals surface area contributed by atoms with Crippen molar-refractivity contribution in [1.29, 1.82) is 0 Å². The van der Waals surface area contributed by atoms with Crippen LogP contribution in [0.25, 0.3) is 33.9 Å². The molecule has 0 saturated carbocycles. The first-order valence-corrected chi connectivity index (χ1v) is 8.33. The van der Waals surface area contributed by atoms with E-state index in [0.717, 1.165) is 28.3 Å². The van der Waals surface area contributed by atoms with Crippen LogP contribution in [0.1, 0.15) is 5.56 Å². The van der Waals surface area contributed by atoms with E-state index in [1.54, 1.807) is 0 Å². The van der Waals surface area contributed by atoms with Crippen molar-refractivity contribution in [2.45, 2.75) is 6.92 Å². The molecule has 3 aromatic heterocycles. The van der Waals surface area contributed by atoms with Crippen molar-refractivity contribution >= 4 is 0 Å². The summed E-state index contributed by atoms with van der Waals surface area (Å²) in [4.78, 5) is 11.4. The van der Waals surface area contributed by atoms with Crippen molar-refractivity contribution < 1.29 is 56.7 Å². The van der Waals surface area contributed by atoms with Crippen LogP contribution in [-0.4, -0.2) is 26.9 Å². The maximum atomic E-state index is 4.85. The predicted octanol–water partition coefficient (Wildman–Crippen LogP) is -5.27. The summed E-state index contributed by atoms with van der Waals surface area (Å²) in [6.07, 6.45) is 3.84. The number of nitrogens with one attached hydrogen (secondary N) is 2. The SMILES string of the molecule is Cc1ccc(-c2cc(-c3cccc[nH+]3)nc(-c3cccc[nH+]3)c2)cc1.O.O.O.O.[Cl-].[Cl-]. The number of rotatable bonds is 3. The van der Waals surface area contributed by atoms with Gasteiger partial charge < -0.3 is 46.7 Å². The third-order valence-electron chi connectivity index (χ3n) is 4.18. The van der Waals surface area contributed by atoms with Crippen LogP contribution in [0, 0.1) is 6.92 Å². The van der Waals surface area contributed by atoms with Crippen molar-refractivity contribution in [3.05, 3.63) is 90.8 Å². The van der Waals surface area contributed by atoms with Gasteiger partial charge in [-0.15, -0.1) is 0 Å². The molecule has 3 heterocycles. The summed E-state index contributed by atoms with van der Waals surface area (Å²) in [6, 6.07) is 24.9. The van der Waals surface area contributed by atoms with Gasteiger partial charge in [-0.25, -0.2) is 15.0 Å². The third kappa shape index (κ3) is 7.69. The monoisotopic (exact) mass is 467 g/mol. The maximum absolute atomic E-state index is 4.85. The number of benzene rings is 1. The van der Waals surface area contributed by atoms with Crippen LogP contribution >= 0.6 is 0 Å². The lowest BCUT2D eigenvalue weighted by Crippen LogP contribution is -3.00. The highest BCUT2D eigenvalue weighted by Gasteiger charge is 2.14. The molecule has 0 amide bonds. The standard InChI is InChI=1S/C22H17N3.2ClH.4H2O/c1-16-8-10-17(11-9-16)18-14-21(19-6-2-4-12-23-19)25-22(15-18)20-7-3-5-13-24-20;;;;;;/h2-15H,1H3;2*1H;4*1H2. The maximum Gasteiger partial charge on any atom is 0.229 e. The molecule has 0 fully saturated rings. The molecule has 0 aliphatic carbocycles. The summed E-state index contributed by atoms with van der Waals surface area (Å²) < 4.78 is 0. The Bertz CT molecular complexity index is 948. The van der Waals surface area contributed by atoms with E-state index in [4.69, 9.17) is 4.98 Å². The normalized spacial score (nSPS) is 8.55. The minimum absolute atomic E-state index is 0. The van der Waals surface area contributed by atoms with E-state index in [0.29, 0.717) is 0 Å². The quantitative estimate of drug-likeness (QED) is 0.288. The minimum atomic E-state index is 0. The Kier molecular flexibility index (Phi) is 15.8. The van der Waals surface area contributed by atoms with Gasteiger partial charge in [0, 0.05) is 24.3 Å². The number of hydrogen-bond acceptors (Lipinski definition) is 1. The average Bonchev–Trinajstić information content (AvgIpc) is 2.69. The highest BCUT2D eigenvalue weighted by atomic mass is 35.5. The van der Waals surface area contributed by atoms with Crippen LogP contribution in [0.2, 0.25) is 0 Å². The van der Waals surface area contributed by atoms with Crippen molar-refractivity contribution in [3.63, 3.8) is 0 Å². The van der Waals surface area contributed by atoms with E-state index in [9.17, 15) is 0 Å². The van der Waals surface area contributed by atoms with Crippen molar-refractivity contribution in [2.24, 2.45) is 0 Å². The van der Waals surface area contributed by atoms with Gasteiger partial charge >= 0.3 is 0 Å². The zero-order valence-electron chi connectivity index (χ0n) is 16.8.